The maximum atomic E-state index is 2.47. The standard InChI is InChI=1S/C50H35N/c1-5-19-36(20-6-1)49(37-21-7-2-8-22-37)44-29-15-17-31-46(44)50(47-32-18-16-30-45(47)49)43-28-14-13-27-41(43)42-34-33-40(35-48(42)50)51(38-23-9-3-10-24-38)39-25-11-4-12-26-39/h1-35H. The normalized spacial score (nSPS) is 14.2. The number of para-hydroxylation sites is 2. The van der Waals surface area contributed by atoms with E-state index in [4.69, 9.17) is 0 Å². The van der Waals surface area contributed by atoms with Gasteiger partial charge in [0.25, 0.3) is 0 Å². The summed E-state index contributed by atoms with van der Waals surface area (Å²) in [5.41, 5.74) is 15.4. The highest BCUT2D eigenvalue weighted by molar-refractivity contribution is 5.92. The zero-order valence-electron chi connectivity index (χ0n) is 28.2. The van der Waals surface area contributed by atoms with Crippen molar-refractivity contribution < 1.29 is 0 Å². The quantitative estimate of drug-likeness (QED) is 0.179. The Morgan fingerprint density at radius 3 is 1.12 bits per heavy atom. The van der Waals surface area contributed by atoms with E-state index in [1.807, 2.05) is 0 Å². The van der Waals surface area contributed by atoms with Crippen molar-refractivity contribution in [3.8, 4) is 11.1 Å². The van der Waals surface area contributed by atoms with E-state index < -0.39 is 10.8 Å². The molecule has 8 aromatic rings. The van der Waals surface area contributed by atoms with Crippen molar-refractivity contribution in [1.29, 1.82) is 0 Å². The molecular weight excluding hydrogens is 615 g/mol. The Morgan fingerprint density at radius 1 is 0.255 bits per heavy atom. The molecule has 0 aromatic heterocycles. The van der Waals surface area contributed by atoms with Gasteiger partial charge in [0, 0.05) is 17.1 Å². The Balaban J connectivity index is 1.34. The fourth-order valence-electron chi connectivity index (χ4n) is 9.32. The van der Waals surface area contributed by atoms with E-state index >= 15 is 0 Å². The van der Waals surface area contributed by atoms with Gasteiger partial charge in [0.1, 0.15) is 0 Å². The van der Waals surface area contributed by atoms with E-state index in [9.17, 15) is 0 Å². The summed E-state index contributed by atoms with van der Waals surface area (Å²) in [6.45, 7) is 0. The van der Waals surface area contributed by atoms with Crippen LogP contribution in [0.5, 0.6) is 0 Å². The summed E-state index contributed by atoms with van der Waals surface area (Å²) in [5.74, 6) is 0. The van der Waals surface area contributed by atoms with E-state index in [0.717, 1.165) is 17.1 Å². The van der Waals surface area contributed by atoms with Gasteiger partial charge in [-0.05, 0) is 92.0 Å². The largest absolute Gasteiger partial charge is 0.310 e. The van der Waals surface area contributed by atoms with Crippen LogP contribution >= 0.6 is 0 Å². The first-order valence-electron chi connectivity index (χ1n) is 17.8. The molecule has 1 nitrogen and oxygen atoms in total. The van der Waals surface area contributed by atoms with Crippen molar-refractivity contribution in [3.05, 3.63) is 257 Å². The Labute approximate surface area is 299 Å². The Morgan fingerprint density at radius 2 is 0.627 bits per heavy atom. The van der Waals surface area contributed by atoms with Crippen LogP contribution in [0.15, 0.2) is 212 Å². The zero-order chi connectivity index (χ0) is 33.8. The molecule has 2 aliphatic rings. The van der Waals surface area contributed by atoms with Crippen molar-refractivity contribution in [3.63, 3.8) is 0 Å². The lowest BCUT2D eigenvalue weighted by Crippen LogP contribution is -2.44. The number of rotatable bonds is 5. The van der Waals surface area contributed by atoms with Gasteiger partial charge in [-0.15, -0.1) is 0 Å². The molecule has 240 valence electrons. The van der Waals surface area contributed by atoms with Gasteiger partial charge in [0.2, 0.25) is 0 Å². The molecule has 0 amide bonds. The first-order valence-corrected chi connectivity index (χ1v) is 17.8. The molecule has 0 radical (unpaired) electrons. The number of nitrogens with zero attached hydrogens (tertiary/aromatic N) is 1. The minimum atomic E-state index is -0.540. The van der Waals surface area contributed by atoms with Gasteiger partial charge >= 0.3 is 0 Å². The number of anilines is 3. The summed E-state index contributed by atoms with van der Waals surface area (Å²) in [6, 6.07) is 78.4. The zero-order valence-corrected chi connectivity index (χ0v) is 28.2. The second kappa shape index (κ2) is 11.6. The van der Waals surface area contributed by atoms with Gasteiger partial charge in [0.05, 0.1) is 10.8 Å². The summed E-state index contributed by atoms with van der Waals surface area (Å²) >= 11 is 0. The average molecular weight is 650 g/mol. The minimum Gasteiger partial charge on any atom is -0.310 e. The second-order valence-electron chi connectivity index (χ2n) is 13.6. The van der Waals surface area contributed by atoms with E-state index in [2.05, 4.69) is 217 Å². The molecule has 0 unspecified atom stereocenters. The van der Waals surface area contributed by atoms with E-state index in [1.165, 1.54) is 55.6 Å². The average Bonchev–Trinajstić information content (AvgIpc) is 3.50. The molecule has 0 heterocycles. The summed E-state index contributed by atoms with van der Waals surface area (Å²) in [4.78, 5) is 2.38. The highest BCUT2D eigenvalue weighted by Gasteiger charge is 2.56. The second-order valence-corrected chi connectivity index (χ2v) is 13.6. The van der Waals surface area contributed by atoms with E-state index in [-0.39, 0.29) is 0 Å². The fraction of sp³-hybridized carbons (Fsp3) is 0.0400. The molecule has 0 bridgehead atoms. The third-order valence-electron chi connectivity index (χ3n) is 11.2. The van der Waals surface area contributed by atoms with Crippen LogP contribution in [0.4, 0.5) is 17.1 Å². The van der Waals surface area contributed by atoms with Crippen LogP contribution in [-0.2, 0) is 10.8 Å². The summed E-state index contributed by atoms with van der Waals surface area (Å²) in [7, 11) is 0. The van der Waals surface area contributed by atoms with Crippen LogP contribution in [0.2, 0.25) is 0 Å². The Bertz CT molecular complexity index is 2390. The van der Waals surface area contributed by atoms with Crippen molar-refractivity contribution in [2.24, 2.45) is 0 Å². The number of benzene rings is 8. The van der Waals surface area contributed by atoms with Gasteiger partial charge in [-0.1, -0.05) is 176 Å². The number of fused-ring (bicyclic) bond motifs is 9. The molecule has 1 spiro atoms. The lowest BCUT2D eigenvalue weighted by molar-refractivity contribution is 0.623. The van der Waals surface area contributed by atoms with E-state index in [0.29, 0.717) is 0 Å². The van der Waals surface area contributed by atoms with Crippen molar-refractivity contribution in [1.82, 2.24) is 0 Å². The van der Waals surface area contributed by atoms with Crippen LogP contribution < -0.4 is 4.90 Å². The molecule has 0 aliphatic heterocycles. The van der Waals surface area contributed by atoms with E-state index in [1.54, 1.807) is 0 Å². The number of hydrogen-bond donors (Lipinski definition) is 0. The van der Waals surface area contributed by atoms with Crippen molar-refractivity contribution in [2.75, 3.05) is 4.90 Å². The SMILES string of the molecule is c1ccc(N(c2ccccc2)c2ccc3c(c2)C2(c4ccccc4-3)c3ccccc3C(c3ccccc3)(c3ccccc3)c3ccccc32)cc1. The molecule has 0 atom stereocenters. The lowest BCUT2D eigenvalue weighted by Gasteiger charge is -2.50. The van der Waals surface area contributed by atoms with Crippen LogP contribution in [0.3, 0.4) is 0 Å². The third-order valence-corrected chi connectivity index (χ3v) is 11.2. The highest BCUT2D eigenvalue weighted by atomic mass is 15.1. The summed E-state index contributed by atoms with van der Waals surface area (Å²) < 4.78 is 0. The monoisotopic (exact) mass is 649 g/mol. The van der Waals surface area contributed by atoms with Crippen LogP contribution in [0.25, 0.3) is 11.1 Å². The fourth-order valence-corrected chi connectivity index (χ4v) is 9.32. The van der Waals surface area contributed by atoms with Crippen LogP contribution in [0, 0.1) is 0 Å². The maximum Gasteiger partial charge on any atom is 0.0720 e. The van der Waals surface area contributed by atoms with Gasteiger partial charge in [-0.3, -0.25) is 0 Å². The van der Waals surface area contributed by atoms with Gasteiger partial charge < -0.3 is 4.90 Å². The predicted molar refractivity (Wildman–Crippen MR) is 210 cm³/mol. The molecule has 0 fully saturated rings. The topological polar surface area (TPSA) is 3.24 Å². The molecule has 0 saturated carbocycles. The first-order chi connectivity index (χ1) is 25.3. The van der Waals surface area contributed by atoms with Crippen LogP contribution in [0.1, 0.15) is 44.5 Å². The molecule has 51 heavy (non-hydrogen) atoms. The maximum absolute atomic E-state index is 2.47. The highest BCUT2D eigenvalue weighted by Crippen LogP contribution is 2.64. The molecule has 0 saturated heterocycles. The molecule has 2 aliphatic carbocycles. The molecular formula is C50H35N. The van der Waals surface area contributed by atoms with Gasteiger partial charge in [-0.25, -0.2) is 0 Å². The minimum absolute atomic E-state index is 0.517. The van der Waals surface area contributed by atoms with Crippen molar-refractivity contribution >= 4 is 17.1 Å². The Hall–Kier alpha value is -6.44. The summed E-state index contributed by atoms with van der Waals surface area (Å²) in [6.07, 6.45) is 0. The number of hydrogen-bond acceptors (Lipinski definition) is 1. The first kappa shape index (κ1) is 29.5. The lowest BCUT2D eigenvalue weighted by atomic mass is 9.51. The Kier molecular flexibility index (Phi) is 6.69. The molecule has 8 aromatic carbocycles. The van der Waals surface area contributed by atoms with Gasteiger partial charge in [0.15, 0.2) is 0 Å². The molecule has 1 heteroatoms. The predicted octanol–water partition coefficient (Wildman–Crippen LogP) is 12.2. The summed E-state index contributed by atoms with van der Waals surface area (Å²) in [5, 5.41) is 0. The smallest absolute Gasteiger partial charge is 0.0720 e. The molecule has 0 N–H and O–H groups in total. The van der Waals surface area contributed by atoms with Crippen LogP contribution in [-0.4, -0.2) is 0 Å². The molecule has 10 rings (SSSR count). The van der Waals surface area contributed by atoms with Crippen molar-refractivity contribution in [2.45, 2.75) is 10.8 Å². The third kappa shape index (κ3) is 4.09. The van der Waals surface area contributed by atoms with Gasteiger partial charge in [-0.2, -0.15) is 0 Å².